The summed E-state index contributed by atoms with van der Waals surface area (Å²) in [6.07, 6.45) is 0.149. The number of rotatable bonds is 9. The van der Waals surface area contributed by atoms with Gasteiger partial charge in [0.15, 0.2) is 0 Å². The Morgan fingerprint density at radius 1 is 1.03 bits per heavy atom. The molecule has 0 aliphatic carbocycles. The third kappa shape index (κ3) is 6.67. The summed E-state index contributed by atoms with van der Waals surface area (Å²) >= 11 is 0. The molecule has 2 rings (SSSR count). The highest BCUT2D eigenvalue weighted by Gasteiger charge is 2.28. The molecule has 0 bridgehead atoms. The normalized spacial score (nSPS) is 13.9. The Morgan fingerprint density at radius 3 is 2.39 bits per heavy atom. The fraction of sp³-hybridized carbons (Fsp3) is 0.478. The Labute approximate surface area is 183 Å². The first-order valence-corrected chi connectivity index (χ1v) is 10.6. The SMILES string of the molecule is CC[C@H](C)[C@@H](CNC(=O)c1ccc2ccccc2n1)NC(=O)C(NC(=O)OC)C(C)C. The molecule has 0 radical (unpaired) electrons. The largest absolute Gasteiger partial charge is 0.453 e. The first kappa shape index (κ1) is 24.1. The molecule has 168 valence electrons. The molecule has 31 heavy (non-hydrogen) atoms. The topological polar surface area (TPSA) is 109 Å². The van der Waals surface area contributed by atoms with Crippen molar-refractivity contribution in [3.63, 3.8) is 0 Å². The fourth-order valence-electron chi connectivity index (χ4n) is 3.16. The first-order valence-electron chi connectivity index (χ1n) is 10.6. The minimum Gasteiger partial charge on any atom is -0.453 e. The number of nitrogens with zero attached hydrogens (tertiary/aromatic N) is 1. The predicted molar refractivity (Wildman–Crippen MR) is 120 cm³/mol. The number of alkyl carbamates (subject to hydrolysis) is 1. The van der Waals surface area contributed by atoms with Crippen molar-refractivity contribution in [3.8, 4) is 0 Å². The van der Waals surface area contributed by atoms with Gasteiger partial charge in [0.25, 0.3) is 5.91 Å². The highest BCUT2D eigenvalue weighted by atomic mass is 16.5. The third-order valence-electron chi connectivity index (χ3n) is 5.38. The maximum Gasteiger partial charge on any atom is 0.407 e. The van der Waals surface area contributed by atoms with Crippen LogP contribution < -0.4 is 16.0 Å². The summed E-state index contributed by atoms with van der Waals surface area (Å²) in [7, 11) is 1.25. The van der Waals surface area contributed by atoms with Gasteiger partial charge in [-0.1, -0.05) is 58.4 Å². The number of methoxy groups -OCH3 is 1. The van der Waals surface area contributed by atoms with Crippen LogP contribution in [-0.2, 0) is 9.53 Å². The maximum atomic E-state index is 12.8. The van der Waals surface area contributed by atoms with E-state index in [2.05, 4.69) is 25.7 Å². The second-order valence-electron chi connectivity index (χ2n) is 7.96. The molecule has 0 saturated heterocycles. The van der Waals surface area contributed by atoms with Gasteiger partial charge >= 0.3 is 6.09 Å². The standard InChI is InChI=1S/C23H32N4O4/c1-6-15(4)19(26-22(29)20(14(2)3)27-23(30)31-5)13-24-21(28)18-12-11-16-9-7-8-10-17(16)25-18/h7-12,14-15,19-20H,6,13H2,1-5H3,(H,24,28)(H,26,29)(H,27,30)/t15-,19+,20?/m0/s1. The molecule has 3 atom stereocenters. The lowest BCUT2D eigenvalue weighted by molar-refractivity contribution is -0.125. The lowest BCUT2D eigenvalue weighted by Gasteiger charge is -2.28. The van der Waals surface area contributed by atoms with Gasteiger partial charge in [-0.25, -0.2) is 9.78 Å². The minimum atomic E-state index is -0.739. The van der Waals surface area contributed by atoms with E-state index in [0.29, 0.717) is 5.69 Å². The highest BCUT2D eigenvalue weighted by molar-refractivity contribution is 5.95. The molecule has 2 aromatic rings. The van der Waals surface area contributed by atoms with Crippen LogP contribution in [0.1, 0.15) is 44.6 Å². The molecule has 0 aliphatic rings. The van der Waals surface area contributed by atoms with Gasteiger partial charge in [-0.05, 0) is 24.0 Å². The van der Waals surface area contributed by atoms with Gasteiger partial charge in [0, 0.05) is 18.0 Å². The number of amides is 3. The Bertz CT molecular complexity index is 915. The van der Waals surface area contributed by atoms with Gasteiger partial charge < -0.3 is 20.7 Å². The predicted octanol–water partition coefficient (Wildman–Crippen LogP) is 2.88. The summed E-state index contributed by atoms with van der Waals surface area (Å²) in [6.45, 7) is 7.95. The summed E-state index contributed by atoms with van der Waals surface area (Å²) in [5.74, 6) is -0.641. The van der Waals surface area contributed by atoms with Gasteiger partial charge in [-0.15, -0.1) is 0 Å². The minimum absolute atomic E-state index is 0.111. The van der Waals surface area contributed by atoms with Gasteiger partial charge in [-0.2, -0.15) is 0 Å². The Hall–Kier alpha value is -3.16. The van der Waals surface area contributed by atoms with Crippen LogP contribution in [0.25, 0.3) is 10.9 Å². The molecule has 0 saturated carbocycles. The fourth-order valence-corrected chi connectivity index (χ4v) is 3.16. The van der Waals surface area contributed by atoms with Crippen LogP contribution in [0.2, 0.25) is 0 Å². The number of hydrogen-bond acceptors (Lipinski definition) is 5. The average Bonchev–Trinajstić information content (AvgIpc) is 2.78. The van der Waals surface area contributed by atoms with Crippen molar-refractivity contribution in [2.75, 3.05) is 13.7 Å². The van der Waals surface area contributed by atoms with Crippen molar-refractivity contribution in [1.82, 2.24) is 20.9 Å². The lowest BCUT2D eigenvalue weighted by Crippen LogP contribution is -2.55. The number of hydrogen-bond donors (Lipinski definition) is 3. The van der Waals surface area contributed by atoms with Crippen LogP contribution in [-0.4, -0.2) is 48.6 Å². The molecule has 3 amide bonds. The molecule has 3 N–H and O–H groups in total. The number of nitrogens with one attached hydrogen (secondary N) is 3. The zero-order valence-electron chi connectivity index (χ0n) is 18.8. The van der Waals surface area contributed by atoms with Crippen molar-refractivity contribution in [1.29, 1.82) is 0 Å². The van der Waals surface area contributed by atoms with Crippen LogP contribution in [0.5, 0.6) is 0 Å². The quantitative estimate of drug-likeness (QED) is 0.569. The third-order valence-corrected chi connectivity index (χ3v) is 5.38. The van der Waals surface area contributed by atoms with Crippen molar-refractivity contribution >= 4 is 28.8 Å². The van der Waals surface area contributed by atoms with Crippen molar-refractivity contribution < 1.29 is 19.1 Å². The maximum absolute atomic E-state index is 12.8. The molecule has 0 spiro atoms. The summed E-state index contributed by atoms with van der Waals surface area (Å²) in [5, 5.41) is 9.37. The molecule has 1 aromatic carbocycles. The van der Waals surface area contributed by atoms with E-state index < -0.39 is 12.1 Å². The summed E-state index contributed by atoms with van der Waals surface area (Å²) < 4.78 is 4.62. The molecule has 1 heterocycles. The van der Waals surface area contributed by atoms with E-state index in [-0.39, 0.29) is 36.2 Å². The van der Waals surface area contributed by atoms with Crippen LogP contribution >= 0.6 is 0 Å². The zero-order valence-corrected chi connectivity index (χ0v) is 18.8. The van der Waals surface area contributed by atoms with Crippen LogP contribution in [0.3, 0.4) is 0 Å². The van der Waals surface area contributed by atoms with Gasteiger partial charge in [0.2, 0.25) is 5.91 Å². The van der Waals surface area contributed by atoms with Crippen molar-refractivity contribution in [3.05, 3.63) is 42.1 Å². The number of fused-ring (bicyclic) bond motifs is 1. The molecule has 0 aliphatic heterocycles. The van der Waals surface area contributed by atoms with Gasteiger partial charge in [0.1, 0.15) is 11.7 Å². The lowest BCUT2D eigenvalue weighted by atomic mass is 9.97. The van der Waals surface area contributed by atoms with E-state index in [9.17, 15) is 14.4 Å². The highest BCUT2D eigenvalue weighted by Crippen LogP contribution is 2.13. The zero-order chi connectivity index (χ0) is 23.0. The number of pyridine rings is 1. The Morgan fingerprint density at radius 2 is 1.74 bits per heavy atom. The number of aromatic nitrogens is 1. The van der Waals surface area contributed by atoms with E-state index in [1.165, 1.54) is 7.11 Å². The first-order chi connectivity index (χ1) is 14.8. The summed E-state index contributed by atoms with van der Waals surface area (Å²) in [6, 6.07) is 10.1. The van der Waals surface area contributed by atoms with Crippen LogP contribution in [0.4, 0.5) is 4.79 Å². The number of benzene rings is 1. The molecular formula is C23H32N4O4. The number of carbonyl (C=O) groups is 3. The summed E-state index contributed by atoms with van der Waals surface area (Å²) in [4.78, 5) is 41.5. The summed E-state index contributed by atoms with van der Waals surface area (Å²) in [5.41, 5.74) is 1.07. The smallest absolute Gasteiger partial charge is 0.407 e. The number of carbonyl (C=O) groups excluding carboxylic acids is 3. The van der Waals surface area contributed by atoms with E-state index in [0.717, 1.165) is 17.3 Å². The molecule has 8 nitrogen and oxygen atoms in total. The van der Waals surface area contributed by atoms with Crippen molar-refractivity contribution in [2.45, 2.75) is 46.2 Å². The molecule has 1 aromatic heterocycles. The van der Waals surface area contributed by atoms with Crippen LogP contribution in [0.15, 0.2) is 36.4 Å². The number of ether oxygens (including phenoxy) is 1. The van der Waals surface area contributed by atoms with E-state index in [4.69, 9.17) is 0 Å². The van der Waals surface area contributed by atoms with Gasteiger partial charge in [0.05, 0.1) is 12.6 Å². The van der Waals surface area contributed by atoms with Gasteiger partial charge in [-0.3, -0.25) is 9.59 Å². The monoisotopic (exact) mass is 428 g/mol. The molecule has 1 unspecified atom stereocenters. The second kappa shape index (κ2) is 11.3. The van der Waals surface area contributed by atoms with Crippen molar-refractivity contribution in [2.24, 2.45) is 11.8 Å². The second-order valence-corrected chi connectivity index (χ2v) is 7.96. The molecular weight excluding hydrogens is 396 g/mol. The van der Waals surface area contributed by atoms with Crippen LogP contribution in [0, 0.1) is 11.8 Å². The molecule has 8 heteroatoms. The average molecular weight is 429 g/mol. The Balaban J connectivity index is 2.06. The molecule has 0 fully saturated rings. The van der Waals surface area contributed by atoms with E-state index in [1.54, 1.807) is 6.07 Å². The number of para-hydroxylation sites is 1. The van der Waals surface area contributed by atoms with E-state index in [1.807, 2.05) is 58.0 Å². The van der Waals surface area contributed by atoms with E-state index >= 15 is 0 Å². The Kier molecular flexibility index (Phi) is 8.78.